The fraction of sp³-hybridized carbons (Fsp3) is 0.625. The SMILES string of the molecule is COCC1CN(Cc2nccs2)Cc2cnn(CC3CC3)c21. The Kier molecular flexibility index (Phi) is 3.98. The molecule has 1 unspecified atom stereocenters. The zero-order valence-corrected chi connectivity index (χ0v) is 13.8. The minimum atomic E-state index is 0.412. The van der Waals surface area contributed by atoms with Crippen LogP contribution >= 0.6 is 11.3 Å². The second-order valence-corrected chi connectivity index (χ2v) is 7.41. The maximum Gasteiger partial charge on any atom is 0.107 e. The molecule has 0 bridgehead atoms. The lowest BCUT2D eigenvalue weighted by atomic mass is 9.97. The number of thiazole rings is 1. The van der Waals surface area contributed by atoms with Crippen LogP contribution in [0.25, 0.3) is 0 Å². The van der Waals surface area contributed by atoms with Crippen LogP contribution in [-0.2, 0) is 24.4 Å². The fourth-order valence-corrected chi connectivity index (χ4v) is 4.06. The molecule has 1 atom stereocenters. The molecule has 0 aromatic carbocycles. The van der Waals surface area contributed by atoms with Crippen molar-refractivity contribution in [2.75, 3.05) is 20.3 Å². The van der Waals surface area contributed by atoms with E-state index in [1.165, 1.54) is 29.1 Å². The standard InChI is InChI=1S/C16H22N4OS/c1-21-11-14-9-19(10-15-17-4-5-22-15)8-13-6-18-20(16(13)14)7-12-2-3-12/h4-6,12,14H,2-3,7-11H2,1H3. The molecule has 118 valence electrons. The van der Waals surface area contributed by atoms with Crippen LogP contribution in [0, 0.1) is 5.92 Å². The van der Waals surface area contributed by atoms with Gasteiger partial charge >= 0.3 is 0 Å². The minimum absolute atomic E-state index is 0.412. The highest BCUT2D eigenvalue weighted by Gasteiger charge is 2.31. The maximum atomic E-state index is 5.49. The maximum absolute atomic E-state index is 5.49. The van der Waals surface area contributed by atoms with Crippen LogP contribution in [0.2, 0.25) is 0 Å². The van der Waals surface area contributed by atoms with Gasteiger partial charge in [0.25, 0.3) is 0 Å². The molecular weight excluding hydrogens is 296 g/mol. The molecule has 2 aromatic heterocycles. The average molecular weight is 318 g/mol. The third kappa shape index (κ3) is 2.95. The first-order valence-electron chi connectivity index (χ1n) is 7.97. The molecule has 0 N–H and O–H groups in total. The second-order valence-electron chi connectivity index (χ2n) is 6.43. The number of hydrogen-bond donors (Lipinski definition) is 0. The third-order valence-corrected chi connectivity index (χ3v) is 5.32. The van der Waals surface area contributed by atoms with Gasteiger partial charge in [0, 0.05) is 55.5 Å². The monoisotopic (exact) mass is 318 g/mol. The fourth-order valence-electron chi connectivity index (χ4n) is 3.40. The Balaban J connectivity index is 1.55. The summed E-state index contributed by atoms with van der Waals surface area (Å²) in [6.45, 7) is 4.77. The lowest BCUT2D eigenvalue weighted by Crippen LogP contribution is -2.35. The summed E-state index contributed by atoms with van der Waals surface area (Å²) in [6.07, 6.45) is 6.67. The number of rotatable bonds is 6. The average Bonchev–Trinajstić information content (AvgIpc) is 3.00. The van der Waals surface area contributed by atoms with Crippen molar-refractivity contribution in [1.82, 2.24) is 19.7 Å². The molecule has 3 heterocycles. The molecule has 1 aliphatic carbocycles. The predicted molar refractivity (Wildman–Crippen MR) is 85.8 cm³/mol. The number of methoxy groups -OCH3 is 1. The van der Waals surface area contributed by atoms with Gasteiger partial charge in [0.05, 0.1) is 19.3 Å². The van der Waals surface area contributed by atoms with E-state index in [4.69, 9.17) is 4.74 Å². The topological polar surface area (TPSA) is 43.2 Å². The first-order chi connectivity index (χ1) is 10.8. The lowest BCUT2D eigenvalue weighted by molar-refractivity contribution is 0.132. The van der Waals surface area contributed by atoms with Gasteiger partial charge < -0.3 is 4.74 Å². The van der Waals surface area contributed by atoms with Gasteiger partial charge in [-0.25, -0.2) is 4.98 Å². The second kappa shape index (κ2) is 6.10. The summed E-state index contributed by atoms with van der Waals surface area (Å²) in [5.41, 5.74) is 2.77. The first kappa shape index (κ1) is 14.4. The van der Waals surface area contributed by atoms with E-state index in [1.54, 1.807) is 18.4 Å². The molecule has 1 fully saturated rings. The molecule has 0 saturated heterocycles. The van der Waals surface area contributed by atoms with Crippen molar-refractivity contribution >= 4 is 11.3 Å². The van der Waals surface area contributed by atoms with E-state index in [0.29, 0.717) is 5.92 Å². The van der Waals surface area contributed by atoms with E-state index in [-0.39, 0.29) is 0 Å². The molecule has 22 heavy (non-hydrogen) atoms. The summed E-state index contributed by atoms with van der Waals surface area (Å²) in [7, 11) is 1.79. The molecule has 2 aromatic rings. The van der Waals surface area contributed by atoms with E-state index in [2.05, 4.69) is 25.9 Å². The van der Waals surface area contributed by atoms with Crippen molar-refractivity contribution in [2.45, 2.75) is 38.4 Å². The normalized spacial score (nSPS) is 22.0. The molecule has 5 nitrogen and oxygen atoms in total. The Morgan fingerprint density at radius 3 is 3.05 bits per heavy atom. The van der Waals surface area contributed by atoms with Crippen molar-refractivity contribution in [1.29, 1.82) is 0 Å². The van der Waals surface area contributed by atoms with Crippen LogP contribution in [0.5, 0.6) is 0 Å². The van der Waals surface area contributed by atoms with E-state index in [9.17, 15) is 0 Å². The number of ether oxygens (including phenoxy) is 1. The zero-order valence-electron chi connectivity index (χ0n) is 12.9. The number of hydrogen-bond acceptors (Lipinski definition) is 5. The Morgan fingerprint density at radius 1 is 1.41 bits per heavy atom. The van der Waals surface area contributed by atoms with E-state index >= 15 is 0 Å². The molecule has 0 spiro atoms. The van der Waals surface area contributed by atoms with Gasteiger partial charge in [-0.05, 0) is 18.8 Å². The van der Waals surface area contributed by atoms with Crippen LogP contribution in [0.4, 0.5) is 0 Å². The molecule has 1 aliphatic heterocycles. The summed E-state index contributed by atoms with van der Waals surface area (Å²) >= 11 is 1.73. The molecule has 2 aliphatic rings. The predicted octanol–water partition coefficient (Wildman–Crippen LogP) is 2.50. The summed E-state index contributed by atoms with van der Waals surface area (Å²) < 4.78 is 7.73. The van der Waals surface area contributed by atoms with Crippen molar-refractivity contribution in [3.63, 3.8) is 0 Å². The Bertz CT molecular complexity index is 620. The van der Waals surface area contributed by atoms with Gasteiger partial charge in [0.15, 0.2) is 0 Å². The molecule has 1 saturated carbocycles. The van der Waals surface area contributed by atoms with E-state index in [0.717, 1.165) is 38.7 Å². The van der Waals surface area contributed by atoms with Crippen LogP contribution in [0.1, 0.15) is 35.0 Å². The number of aromatic nitrogens is 3. The molecular formula is C16H22N4OS. The molecule has 0 amide bonds. The van der Waals surface area contributed by atoms with Crippen molar-refractivity contribution in [3.8, 4) is 0 Å². The highest BCUT2D eigenvalue weighted by atomic mass is 32.1. The Labute approximate surface area is 134 Å². The third-order valence-electron chi connectivity index (χ3n) is 4.56. The van der Waals surface area contributed by atoms with Crippen molar-refractivity contribution in [3.05, 3.63) is 34.0 Å². The molecule has 6 heteroatoms. The van der Waals surface area contributed by atoms with E-state index in [1.807, 2.05) is 11.6 Å². The van der Waals surface area contributed by atoms with E-state index < -0.39 is 0 Å². The highest BCUT2D eigenvalue weighted by Crippen LogP contribution is 2.34. The number of nitrogens with zero attached hydrogens (tertiary/aromatic N) is 4. The summed E-state index contributed by atoms with van der Waals surface area (Å²) in [4.78, 5) is 6.88. The van der Waals surface area contributed by atoms with Gasteiger partial charge in [-0.2, -0.15) is 5.10 Å². The van der Waals surface area contributed by atoms with Gasteiger partial charge in [0.1, 0.15) is 5.01 Å². The van der Waals surface area contributed by atoms with Crippen LogP contribution < -0.4 is 0 Å². The van der Waals surface area contributed by atoms with Gasteiger partial charge in [-0.1, -0.05) is 0 Å². The van der Waals surface area contributed by atoms with Crippen molar-refractivity contribution < 1.29 is 4.74 Å². The Hall–Kier alpha value is -1.24. The summed E-state index contributed by atoms with van der Waals surface area (Å²) in [5.74, 6) is 1.26. The Morgan fingerprint density at radius 2 is 2.32 bits per heavy atom. The lowest BCUT2D eigenvalue weighted by Gasteiger charge is -2.32. The largest absolute Gasteiger partial charge is 0.384 e. The van der Waals surface area contributed by atoms with Gasteiger partial charge in [-0.3, -0.25) is 9.58 Å². The van der Waals surface area contributed by atoms with Crippen LogP contribution in [-0.4, -0.2) is 39.9 Å². The van der Waals surface area contributed by atoms with Crippen LogP contribution in [0.3, 0.4) is 0 Å². The smallest absolute Gasteiger partial charge is 0.107 e. The quantitative estimate of drug-likeness (QED) is 0.821. The zero-order chi connectivity index (χ0) is 14.9. The summed E-state index contributed by atoms with van der Waals surface area (Å²) in [6, 6.07) is 0. The first-order valence-corrected chi connectivity index (χ1v) is 8.85. The van der Waals surface area contributed by atoms with Crippen LogP contribution in [0.15, 0.2) is 17.8 Å². The molecule has 0 radical (unpaired) electrons. The minimum Gasteiger partial charge on any atom is -0.384 e. The van der Waals surface area contributed by atoms with Gasteiger partial charge in [-0.15, -0.1) is 11.3 Å². The molecule has 4 rings (SSSR count). The van der Waals surface area contributed by atoms with Gasteiger partial charge in [0.2, 0.25) is 0 Å². The van der Waals surface area contributed by atoms with Crippen molar-refractivity contribution in [2.24, 2.45) is 5.92 Å². The number of fused-ring (bicyclic) bond motifs is 1. The summed E-state index contributed by atoms with van der Waals surface area (Å²) in [5, 5.41) is 7.90. The highest BCUT2D eigenvalue weighted by molar-refractivity contribution is 7.09.